The van der Waals surface area contributed by atoms with E-state index in [-0.39, 0.29) is 5.43 Å². The molecule has 0 saturated heterocycles. The number of ether oxygens (including phenoxy) is 1. The summed E-state index contributed by atoms with van der Waals surface area (Å²) in [5.41, 5.74) is 2.46. The second-order valence-electron chi connectivity index (χ2n) is 6.97. The highest BCUT2D eigenvalue weighted by Gasteiger charge is 2.41. The van der Waals surface area contributed by atoms with E-state index < -0.39 is 17.8 Å². The molecule has 0 fully saturated rings. The fraction of sp³-hybridized carbons (Fsp3) is 0.273. The van der Waals surface area contributed by atoms with Gasteiger partial charge in [0, 0.05) is 35.0 Å². The third kappa shape index (κ3) is 3.08. The van der Waals surface area contributed by atoms with E-state index in [0.29, 0.717) is 51.7 Å². The number of hydrogen-bond donors (Lipinski definition) is 1. The standard InChI is InChI=1S/C22H20N2O5/c1-4-28-21-19-15(8-9-23-21)24-12(3)17(22(26)27)18(19)14-7-5-6-13-16(25)10-11(2)29-20(13)14/h5-10,17-18H,4H2,1-3H3,(H,26,27). The number of carboxylic acids is 1. The third-order valence-electron chi connectivity index (χ3n) is 5.11. The van der Waals surface area contributed by atoms with E-state index >= 15 is 0 Å². The molecule has 0 amide bonds. The van der Waals surface area contributed by atoms with Crippen LogP contribution in [-0.2, 0) is 4.79 Å². The molecule has 7 nitrogen and oxygen atoms in total. The number of nitrogens with zero attached hydrogens (tertiary/aromatic N) is 2. The number of aliphatic imine (C=N–C) groups is 1. The number of aryl methyl sites for hydroxylation is 1. The van der Waals surface area contributed by atoms with Crippen LogP contribution in [0.4, 0.5) is 5.69 Å². The lowest BCUT2D eigenvalue weighted by molar-refractivity contribution is -0.139. The summed E-state index contributed by atoms with van der Waals surface area (Å²) in [6.45, 7) is 5.60. The van der Waals surface area contributed by atoms with E-state index in [0.717, 1.165) is 0 Å². The zero-order chi connectivity index (χ0) is 20.7. The van der Waals surface area contributed by atoms with Gasteiger partial charge in [-0.3, -0.25) is 14.6 Å². The molecule has 4 rings (SSSR count). The molecule has 3 heterocycles. The highest BCUT2D eigenvalue weighted by Crippen LogP contribution is 2.47. The Labute approximate surface area is 166 Å². The summed E-state index contributed by atoms with van der Waals surface area (Å²) in [7, 11) is 0. The molecule has 2 aromatic heterocycles. The molecule has 148 valence electrons. The van der Waals surface area contributed by atoms with E-state index in [9.17, 15) is 14.7 Å². The molecule has 0 bridgehead atoms. The first-order valence-corrected chi connectivity index (χ1v) is 9.35. The van der Waals surface area contributed by atoms with Gasteiger partial charge in [-0.25, -0.2) is 4.98 Å². The third-order valence-corrected chi connectivity index (χ3v) is 5.11. The van der Waals surface area contributed by atoms with E-state index in [2.05, 4.69) is 9.98 Å². The lowest BCUT2D eigenvalue weighted by Gasteiger charge is -2.31. The van der Waals surface area contributed by atoms with Gasteiger partial charge < -0.3 is 14.3 Å². The first kappa shape index (κ1) is 18.9. The molecule has 7 heteroatoms. The van der Waals surface area contributed by atoms with Crippen molar-refractivity contribution in [2.45, 2.75) is 26.7 Å². The van der Waals surface area contributed by atoms with Gasteiger partial charge in [-0.1, -0.05) is 12.1 Å². The van der Waals surface area contributed by atoms with Crippen LogP contribution in [0.15, 0.2) is 50.7 Å². The molecule has 2 atom stereocenters. The van der Waals surface area contributed by atoms with Crippen LogP contribution >= 0.6 is 0 Å². The van der Waals surface area contributed by atoms with Crippen molar-refractivity contribution in [1.29, 1.82) is 0 Å². The van der Waals surface area contributed by atoms with Crippen LogP contribution in [0.3, 0.4) is 0 Å². The van der Waals surface area contributed by atoms with Crippen molar-refractivity contribution in [2.75, 3.05) is 6.61 Å². The number of rotatable bonds is 4. The van der Waals surface area contributed by atoms with Gasteiger partial charge >= 0.3 is 5.97 Å². The van der Waals surface area contributed by atoms with E-state index in [1.807, 2.05) is 6.92 Å². The Balaban J connectivity index is 2.09. The summed E-state index contributed by atoms with van der Waals surface area (Å²) in [5, 5.41) is 10.4. The Kier molecular flexibility index (Phi) is 4.66. The van der Waals surface area contributed by atoms with Crippen molar-refractivity contribution in [3.8, 4) is 5.88 Å². The quantitative estimate of drug-likeness (QED) is 0.724. The molecular weight excluding hydrogens is 372 g/mol. The number of aliphatic carboxylic acids is 1. The predicted octanol–water partition coefficient (Wildman–Crippen LogP) is 3.83. The van der Waals surface area contributed by atoms with Crippen molar-refractivity contribution < 1.29 is 19.1 Å². The lowest BCUT2D eigenvalue weighted by Crippen LogP contribution is -2.32. The minimum Gasteiger partial charge on any atom is -0.481 e. The van der Waals surface area contributed by atoms with Crippen LogP contribution < -0.4 is 10.2 Å². The minimum atomic E-state index is -1.01. The second kappa shape index (κ2) is 7.16. The maximum absolute atomic E-state index is 12.5. The summed E-state index contributed by atoms with van der Waals surface area (Å²) >= 11 is 0. The molecule has 1 aliphatic heterocycles. The number of carboxylic acid groups (broad SMARTS) is 1. The molecule has 0 radical (unpaired) electrons. The fourth-order valence-corrected chi connectivity index (χ4v) is 3.97. The number of aromatic nitrogens is 1. The van der Waals surface area contributed by atoms with Crippen molar-refractivity contribution in [3.05, 3.63) is 63.6 Å². The van der Waals surface area contributed by atoms with E-state index in [1.54, 1.807) is 44.3 Å². The molecule has 1 N–H and O–H groups in total. The van der Waals surface area contributed by atoms with Gasteiger partial charge in [0.05, 0.1) is 17.7 Å². The van der Waals surface area contributed by atoms with E-state index in [1.165, 1.54) is 6.07 Å². The number of fused-ring (bicyclic) bond motifs is 2. The molecule has 1 aromatic carbocycles. The Morgan fingerprint density at radius 2 is 2.07 bits per heavy atom. The number of pyridine rings is 1. The Bertz CT molecular complexity index is 1210. The fourth-order valence-electron chi connectivity index (χ4n) is 3.97. The van der Waals surface area contributed by atoms with Crippen molar-refractivity contribution >= 4 is 28.3 Å². The molecule has 0 spiro atoms. The second-order valence-corrected chi connectivity index (χ2v) is 6.97. The van der Waals surface area contributed by atoms with Gasteiger partial charge in [0.2, 0.25) is 5.88 Å². The molecule has 1 aliphatic rings. The first-order chi connectivity index (χ1) is 13.9. The topological polar surface area (TPSA) is 102 Å². The van der Waals surface area contributed by atoms with Crippen LogP contribution in [0.2, 0.25) is 0 Å². The van der Waals surface area contributed by atoms with Crippen molar-refractivity contribution in [1.82, 2.24) is 4.98 Å². The van der Waals surface area contributed by atoms with Crippen LogP contribution in [0.1, 0.15) is 36.7 Å². The average molecular weight is 392 g/mol. The monoisotopic (exact) mass is 392 g/mol. The van der Waals surface area contributed by atoms with Gasteiger partial charge in [-0.05, 0) is 32.9 Å². The Morgan fingerprint density at radius 1 is 1.28 bits per heavy atom. The Morgan fingerprint density at radius 3 is 2.79 bits per heavy atom. The smallest absolute Gasteiger partial charge is 0.313 e. The highest BCUT2D eigenvalue weighted by atomic mass is 16.5. The van der Waals surface area contributed by atoms with Crippen LogP contribution in [0.25, 0.3) is 11.0 Å². The number of para-hydroxylation sites is 1. The summed E-state index contributed by atoms with van der Waals surface area (Å²) in [5.74, 6) is -1.82. The van der Waals surface area contributed by atoms with Gasteiger partial charge in [-0.15, -0.1) is 0 Å². The molecule has 3 aromatic rings. The number of benzene rings is 1. The molecule has 0 aliphatic carbocycles. The zero-order valence-electron chi connectivity index (χ0n) is 16.3. The Hall–Kier alpha value is -3.48. The van der Waals surface area contributed by atoms with Gasteiger partial charge in [-0.2, -0.15) is 0 Å². The van der Waals surface area contributed by atoms with Crippen molar-refractivity contribution in [2.24, 2.45) is 10.9 Å². The van der Waals surface area contributed by atoms with Gasteiger partial charge in [0.1, 0.15) is 17.3 Å². The first-order valence-electron chi connectivity index (χ1n) is 9.35. The van der Waals surface area contributed by atoms with Gasteiger partial charge in [0.15, 0.2) is 5.43 Å². The van der Waals surface area contributed by atoms with Crippen LogP contribution in [-0.4, -0.2) is 28.4 Å². The highest BCUT2D eigenvalue weighted by molar-refractivity contribution is 6.05. The lowest BCUT2D eigenvalue weighted by atomic mass is 9.76. The van der Waals surface area contributed by atoms with Crippen LogP contribution in [0, 0.1) is 12.8 Å². The van der Waals surface area contributed by atoms with Crippen LogP contribution in [0.5, 0.6) is 5.88 Å². The summed E-state index contributed by atoms with van der Waals surface area (Å²) in [6.07, 6.45) is 1.59. The van der Waals surface area contributed by atoms with E-state index in [4.69, 9.17) is 9.15 Å². The summed E-state index contributed by atoms with van der Waals surface area (Å²) in [6, 6.07) is 8.36. The maximum atomic E-state index is 12.5. The van der Waals surface area contributed by atoms with Crippen molar-refractivity contribution in [3.63, 3.8) is 0 Å². The largest absolute Gasteiger partial charge is 0.481 e. The normalized spacial score (nSPS) is 18.2. The average Bonchev–Trinajstić information content (AvgIpc) is 2.66. The summed E-state index contributed by atoms with van der Waals surface area (Å²) in [4.78, 5) is 33.6. The SMILES string of the molecule is CCOc1nccc2c1C(c1cccc3c(=O)cc(C)oc13)C(C(=O)O)C(C)=N2. The molecule has 29 heavy (non-hydrogen) atoms. The minimum absolute atomic E-state index is 0.171. The number of hydrogen-bond acceptors (Lipinski definition) is 6. The summed E-state index contributed by atoms with van der Waals surface area (Å²) < 4.78 is 11.6. The zero-order valence-corrected chi connectivity index (χ0v) is 16.3. The predicted molar refractivity (Wildman–Crippen MR) is 108 cm³/mol. The molecule has 0 saturated carbocycles. The number of carbonyl (C=O) groups is 1. The van der Waals surface area contributed by atoms with Gasteiger partial charge in [0.25, 0.3) is 0 Å². The maximum Gasteiger partial charge on any atom is 0.313 e. The molecular formula is C22H20N2O5. The molecule has 2 unspecified atom stereocenters.